The van der Waals surface area contributed by atoms with Gasteiger partial charge in [0.1, 0.15) is 0 Å². The smallest absolute Gasteiger partial charge is 0.193 e. The summed E-state index contributed by atoms with van der Waals surface area (Å²) < 4.78 is 0. The van der Waals surface area contributed by atoms with Crippen molar-refractivity contribution in [2.45, 2.75) is 26.3 Å². The SMILES string of the molecule is CCCCN(C)C(=NC)NCc1ccsc1. The van der Waals surface area contributed by atoms with E-state index in [-0.39, 0.29) is 0 Å². The highest BCUT2D eigenvalue weighted by atomic mass is 32.1. The Kier molecular flexibility index (Phi) is 5.93. The number of guanidine groups is 1. The van der Waals surface area contributed by atoms with Crippen LogP contribution in [0, 0.1) is 0 Å². The van der Waals surface area contributed by atoms with E-state index < -0.39 is 0 Å². The Morgan fingerprint density at radius 2 is 2.38 bits per heavy atom. The molecule has 0 spiro atoms. The first kappa shape index (κ1) is 13.0. The van der Waals surface area contributed by atoms with Crippen molar-refractivity contribution in [3.05, 3.63) is 22.4 Å². The lowest BCUT2D eigenvalue weighted by molar-refractivity contribution is 0.464. The first-order valence-electron chi connectivity index (χ1n) is 5.70. The highest BCUT2D eigenvalue weighted by Gasteiger charge is 2.04. The van der Waals surface area contributed by atoms with Crippen molar-refractivity contribution in [1.82, 2.24) is 10.2 Å². The molecule has 0 amide bonds. The minimum absolute atomic E-state index is 0.854. The van der Waals surface area contributed by atoms with Gasteiger partial charge in [0.2, 0.25) is 0 Å². The zero-order valence-electron chi connectivity index (χ0n) is 10.4. The van der Waals surface area contributed by atoms with Gasteiger partial charge < -0.3 is 10.2 Å². The molecule has 4 heteroatoms. The van der Waals surface area contributed by atoms with E-state index in [0.29, 0.717) is 0 Å². The molecule has 90 valence electrons. The number of hydrogen-bond donors (Lipinski definition) is 1. The summed E-state index contributed by atoms with van der Waals surface area (Å²) in [7, 11) is 3.91. The number of hydrogen-bond acceptors (Lipinski definition) is 2. The molecule has 1 rings (SSSR count). The van der Waals surface area contributed by atoms with Crippen LogP contribution < -0.4 is 5.32 Å². The molecule has 0 saturated carbocycles. The molecular formula is C12H21N3S. The molecule has 1 N–H and O–H groups in total. The Bertz CT molecular complexity index is 306. The number of aliphatic imine (C=N–C) groups is 1. The van der Waals surface area contributed by atoms with Crippen molar-refractivity contribution in [2.24, 2.45) is 4.99 Å². The Balaban J connectivity index is 2.37. The molecular weight excluding hydrogens is 218 g/mol. The molecule has 0 saturated heterocycles. The van der Waals surface area contributed by atoms with E-state index in [2.05, 4.69) is 46.0 Å². The Labute approximate surface area is 102 Å². The van der Waals surface area contributed by atoms with E-state index in [1.54, 1.807) is 11.3 Å². The quantitative estimate of drug-likeness (QED) is 0.631. The van der Waals surface area contributed by atoms with Crippen molar-refractivity contribution in [2.75, 3.05) is 20.6 Å². The predicted molar refractivity (Wildman–Crippen MR) is 72.1 cm³/mol. The van der Waals surface area contributed by atoms with Crippen molar-refractivity contribution in [1.29, 1.82) is 0 Å². The number of nitrogens with zero attached hydrogens (tertiary/aromatic N) is 2. The van der Waals surface area contributed by atoms with Crippen molar-refractivity contribution in [3.8, 4) is 0 Å². The van der Waals surface area contributed by atoms with Gasteiger partial charge in [-0.25, -0.2) is 0 Å². The van der Waals surface area contributed by atoms with E-state index >= 15 is 0 Å². The average Bonchev–Trinajstić information content (AvgIpc) is 2.80. The largest absolute Gasteiger partial charge is 0.352 e. The van der Waals surface area contributed by atoms with Gasteiger partial charge in [-0.2, -0.15) is 11.3 Å². The number of nitrogens with one attached hydrogen (secondary N) is 1. The molecule has 0 atom stereocenters. The maximum Gasteiger partial charge on any atom is 0.193 e. The first-order valence-corrected chi connectivity index (χ1v) is 6.65. The van der Waals surface area contributed by atoms with E-state index in [1.807, 2.05) is 7.05 Å². The molecule has 0 radical (unpaired) electrons. The van der Waals surface area contributed by atoms with Crippen LogP contribution in [0.15, 0.2) is 21.8 Å². The summed E-state index contributed by atoms with van der Waals surface area (Å²) in [6.07, 6.45) is 2.42. The lowest BCUT2D eigenvalue weighted by Gasteiger charge is -2.21. The lowest BCUT2D eigenvalue weighted by Crippen LogP contribution is -2.38. The molecule has 1 heterocycles. The number of rotatable bonds is 5. The second kappa shape index (κ2) is 7.28. The zero-order valence-corrected chi connectivity index (χ0v) is 11.2. The van der Waals surface area contributed by atoms with Crippen LogP contribution in [0.5, 0.6) is 0 Å². The standard InChI is InChI=1S/C12H21N3S/c1-4-5-7-15(3)12(13-2)14-9-11-6-8-16-10-11/h6,8,10H,4-5,7,9H2,1-3H3,(H,13,14). The van der Waals surface area contributed by atoms with Crippen LogP contribution in [-0.2, 0) is 6.54 Å². The predicted octanol–water partition coefficient (Wildman–Crippen LogP) is 2.56. The first-order chi connectivity index (χ1) is 7.77. The highest BCUT2D eigenvalue weighted by Crippen LogP contribution is 2.05. The summed E-state index contributed by atoms with van der Waals surface area (Å²) in [6.45, 7) is 4.11. The molecule has 0 fully saturated rings. The summed E-state index contributed by atoms with van der Waals surface area (Å²) in [6, 6.07) is 2.14. The van der Waals surface area contributed by atoms with E-state index in [1.165, 1.54) is 18.4 Å². The maximum atomic E-state index is 4.28. The zero-order chi connectivity index (χ0) is 11.8. The summed E-state index contributed by atoms with van der Waals surface area (Å²) in [5.74, 6) is 0.972. The summed E-state index contributed by atoms with van der Waals surface area (Å²) in [4.78, 5) is 6.45. The van der Waals surface area contributed by atoms with Crippen molar-refractivity contribution < 1.29 is 0 Å². The fourth-order valence-corrected chi connectivity index (χ4v) is 2.13. The van der Waals surface area contributed by atoms with Gasteiger partial charge >= 0.3 is 0 Å². The summed E-state index contributed by atoms with van der Waals surface area (Å²) in [5.41, 5.74) is 1.31. The van der Waals surface area contributed by atoms with Crippen LogP contribution in [-0.4, -0.2) is 31.5 Å². The molecule has 1 aromatic rings. The Hall–Kier alpha value is -1.03. The molecule has 0 bridgehead atoms. The van der Waals surface area contributed by atoms with Gasteiger partial charge in [0, 0.05) is 27.2 Å². The minimum atomic E-state index is 0.854. The molecule has 0 aliphatic rings. The third kappa shape index (κ3) is 4.23. The van der Waals surface area contributed by atoms with E-state index in [9.17, 15) is 0 Å². The van der Waals surface area contributed by atoms with Crippen LogP contribution in [0.2, 0.25) is 0 Å². The average molecular weight is 239 g/mol. The van der Waals surface area contributed by atoms with Gasteiger partial charge in [0.15, 0.2) is 5.96 Å². The van der Waals surface area contributed by atoms with Crippen molar-refractivity contribution >= 4 is 17.3 Å². The maximum absolute atomic E-state index is 4.28. The number of thiophene rings is 1. The third-order valence-corrected chi connectivity index (χ3v) is 3.18. The van der Waals surface area contributed by atoms with Gasteiger partial charge in [-0.05, 0) is 28.8 Å². The summed E-state index contributed by atoms with van der Waals surface area (Å²) in [5, 5.41) is 7.62. The Morgan fingerprint density at radius 1 is 1.56 bits per heavy atom. The fourth-order valence-electron chi connectivity index (χ4n) is 1.46. The molecule has 0 aliphatic heterocycles. The topological polar surface area (TPSA) is 27.6 Å². The molecule has 16 heavy (non-hydrogen) atoms. The van der Waals surface area contributed by atoms with Crippen LogP contribution in [0.25, 0.3) is 0 Å². The van der Waals surface area contributed by atoms with Crippen LogP contribution in [0.4, 0.5) is 0 Å². The van der Waals surface area contributed by atoms with Crippen LogP contribution in [0.1, 0.15) is 25.3 Å². The summed E-state index contributed by atoms with van der Waals surface area (Å²) >= 11 is 1.73. The fraction of sp³-hybridized carbons (Fsp3) is 0.583. The normalized spacial score (nSPS) is 11.6. The molecule has 0 aromatic carbocycles. The Morgan fingerprint density at radius 3 is 2.94 bits per heavy atom. The van der Waals surface area contributed by atoms with Crippen LogP contribution >= 0.6 is 11.3 Å². The molecule has 3 nitrogen and oxygen atoms in total. The van der Waals surface area contributed by atoms with E-state index in [4.69, 9.17) is 0 Å². The minimum Gasteiger partial charge on any atom is -0.352 e. The second-order valence-electron chi connectivity index (χ2n) is 3.81. The molecule has 0 unspecified atom stereocenters. The van der Waals surface area contributed by atoms with E-state index in [0.717, 1.165) is 19.0 Å². The van der Waals surface area contributed by atoms with Gasteiger partial charge in [0.05, 0.1) is 0 Å². The van der Waals surface area contributed by atoms with Gasteiger partial charge in [-0.3, -0.25) is 4.99 Å². The molecule has 1 aromatic heterocycles. The number of unbranched alkanes of at least 4 members (excludes halogenated alkanes) is 1. The third-order valence-electron chi connectivity index (χ3n) is 2.45. The molecule has 0 aliphatic carbocycles. The highest BCUT2D eigenvalue weighted by molar-refractivity contribution is 7.07. The van der Waals surface area contributed by atoms with Crippen molar-refractivity contribution in [3.63, 3.8) is 0 Å². The van der Waals surface area contributed by atoms with Gasteiger partial charge in [0.25, 0.3) is 0 Å². The second-order valence-corrected chi connectivity index (χ2v) is 4.59. The van der Waals surface area contributed by atoms with Gasteiger partial charge in [-0.15, -0.1) is 0 Å². The monoisotopic (exact) mass is 239 g/mol. The van der Waals surface area contributed by atoms with Gasteiger partial charge in [-0.1, -0.05) is 13.3 Å². The van der Waals surface area contributed by atoms with Crippen LogP contribution in [0.3, 0.4) is 0 Å². The lowest BCUT2D eigenvalue weighted by atomic mass is 10.3.